The van der Waals surface area contributed by atoms with Gasteiger partial charge < -0.3 is 0 Å². The first kappa shape index (κ1) is 15.4. The van der Waals surface area contributed by atoms with Crippen molar-refractivity contribution in [2.75, 3.05) is 0 Å². The molecule has 0 amide bonds. The van der Waals surface area contributed by atoms with Gasteiger partial charge in [0, 0.05) is 17.3 Å². The number of ketones is 1. The summed E-state index contributed by atoms with van der Waals surface area (Å²) in [6.45, 7) is 2.18. The summed E-state index contributed by atoms with van der Waals surface area (Å²) in [5.74, 6) is -0.0450. The minimum atomic E-state index is -0.280. The summed E-state index contributed by atoms with van der Waals surface area (Å²) in [5.41, 5.74) is 0.870. The molecule has 3 heteroatoms. The average molecular weight is 315 g/mol. The molecule has 0 bridgehead atoms. The van der Waals surface area contributed by atoms with Gasteiger partial charge in [-0.15, -0.1) is 0 Å². The van der Waals surface area contributed by atoms with Gasteiger partial charge >= 0.3 is 0 Å². The molecular formula is C15H20BrFO. The molecule has 0 N–H and O–H groups in total. The highest BCUT2D eigenvalue weighted by Gasteiger charge is 2.07. The second-order valence-corrected chi connectivity index (χ2v) is 5.47. The quantitative estimate of drug-likeness (QED) is 0.613. The Morgan fingerprint density at radius 2 is 1.94 bits per heavy atom. The van der Waals surface area contributed by atoms with Gasteiger partial charge in [-0.25, -0.2) is 4.39 Å². The summed E-state index contributed by atoms with van der Waals surface area (Å²) in [4.78, 5) is 11.8. The third-order valence-electron chi connectivity index (χ3n) is 2.96. The van der Waals surface area contributed by atoms with Gasteiger partial charge in [0.25, 0.3) is 0 Å². The van der Waals surface area contributed by atoms with E-state index in [1.54, 1.807) is 6.07 Å². The van der Waals surface area contributed by atoms with Crippen LogP contribution in [0.2, 0.25) is 0 Å². The van der Waals surface area contributed by atoms with Gasteiger partial charge in [-0.3, -0.25) is 4.79 Å². The summed E-state index contributed by atoms with van der Waals surface area (Å²) >= 11 is 3.29. The fourth-order valence-corrected chi connectivity index (χ4v) is 2.38. The molecule has 0 saturated heterocycles. The van der Waals surface area contributed by atoms with Crippen LogP contribution >= 0.6 is 15.9 Å². The molecule has 0 fully saturated rings. The number of Topliss-reactive ketones (excluding diaryl/α,β-unsaturated/α-hetero) is 1. The highest BCUT2D eigenvalue weighted by atomic mass is 79.9. The zero-order valence-electron chi connectivity index (χ0n) is 10.8. The monoisotopic (exact) mass is 314 g/mol. The van der Waals surface area contributed by atoms with E-state index in [0.717, 1.165) is 18.4 Å². The molecule has 18 heavy (non-hydrogen) atoms. The predicted molar refractivity (Wildman–Crippen MR) is 76.2 cm³/mol. The molecule has 0 aliphatic carbocycles. The van der Waals surface area contributed by atoms with Crippen LogP contribution in [-0.2, 0) is 11.2 Å². The van der Waals surface area contributed by atoms with E-state index in [0.29, 0.717) is 17.3 Å². The molecule has 1 aromatic rings. The van der Waals surface area contributed by atoms with Crippen molar-refractivity contribution in [2.45, 2.75) is 51.9 Å². The molecule has 100 valence electrons. The maximum absolute atomic E-state index is 12.9. The van der Waals surface area contributed by atoms with Crippen molar-refractivity contribution in [3.8, 4) is 0 Å². The van der Waals surface area contributed by atoms with Crippen molar-refractivity contribution in [2.24, 2.45) is 0 Å². The topological polar surface area (TPSA) is 17.1 Å². The third kappa shape index (κ3) is 5.76. The maximum Gasteiger partial charge on any atom is 0.137 e. The lowest BCUT2D eigenvalue weighted by atomic mass is 10.0. The first-order valence-electron chi connectivity index (χ1n) is 6.59. The Morgan fingerprint density at radius 1 is 1.22 bits per heavy atom. The van der Waals surface area contributed by atoms with Crippen LogP contribution in [0, 0.1) is 5.82 Å². The number of halogens is 2. The van der Waals surface area contributed by atoms with E-state index in [9.17, 15) is 9.18 Å². The average Bonchev–Trinajstić information content (AvgIpc) is 2.32. The number of hydrogen-bond acceptors (Lipinski definition) is 1. The SMILES string of the molecule is CCCCCCCC(=O)Cc1ccc(F)cc1Br. The fourth-order valence-electron chi connectivity index (χ4n) is 1.89. The lowest BCUT2D eigenvalue weighted by Gasteiger charge is -2.04. The second kappa shape index (κ2) is 8.41. The molecule has 1 rings (SSSR count). The van der Waals surface area contributed by atoms with Crippen LogP contribution in [0.4, 0.5) is 4.39 Å². The molecule has 0 aromatic heterocycles. The van der Waals surface area contributed by atoms with Crippen LogP contribution in [-0.4, -0.2) is 5.78 Å². The van der Waals surface area contributed by atoms with E-state index >= 15 is 0 Å². The van der Waals surface area contributed by atoms with Gasteiger partial charge in [-0.2, -0.15) is 0 Å². The van der Waals surface area contributed by atoms with Crippen molar-refractivity contribution < 1.29 is 9.18 Å². The molecule has 0 saturated carbocycles. The summed E-state index contributed by atoms with van der Waals surface area (Å²) < 4.78 is 13.6. The number of carbonyl (C=O) groups excluding carboxylic acids is 1. The minimum Gasteiger partial charge on any atom is -0.299 e. The van der Waals surface area contributed by atoms with E-state index in [4.69, 9.17) is 0 Å². The standard InChI is InChI=1S/C15H20BrFO/c1-2-3-4-5-6-7-14(18)10-12-8-9-13(17)11-15(12)16/h8-9,11H,2-7,10H2,1H3. The minimum absolute atomic E-state index is 0.235. The molecular weight excluding hydrogens is 295 g/mol. The summed E-state index contributed by atoms with van der Waals surface area (Å²) in [6, 6.07) is 4.48. The summed E-state index contributed by atoms with van der Waals surface area (Å²) in [5, 5.41) is 0. The predicted octanol–water partition coefficient (Wildman–Crippen LogP) is 5.06. The largest absolute Gasteiger partial charge is 0.299 e. The molecule has 0 unspecified atom stereocenters. The first-order chi connectivity index (χ1) is 8.63. The van der Waals surface area contributed by atoms with Crippen molar-refractivity contribution in [1.82, 2.24) is 0 Å². The Hall–Kier alpha value is -0.700. The van der Waals surface area contributed by atoms with Crippen molar-refractivity contribution in [3.05, 3.63) is 34.1 Å². The van der Waals surface area contributed by atoms with Gasteiger partial charge in [0.1, 0.15) is 11.6 Å². The van der Waals surface area contributed by atoms with E-state index in [1.807, 2.05) is 0 Å². The zero-order chi connectivity index (χ0) is 13.4. The van der Waals surface area contributed by atoms with Crippen LogP contribution < -0.4 is 0 Å². The Bertz CT molecular complexity index is 390. The second-order valence-electron chi connectivity index (χ2n) is 4.62. The Balaban J connectivity index is 2.31. The fraction of sp³-hybridized carbons (Fsp3) is 0.533. The van der Waals surface area contributed by atoms with Gasteiger partial charge in [0.05, 0.1) is 0 Å². The first-order valence-corrected chi connectivity index (χ1v) is 7.38. The zero-order valence-corrected chi connectivity index (χ0v) is 12.4. The van der Waals surface area contributed by atoms with Gasteiger partial charge in [0.15, 0.2) is 0 Å². The lowest BCUT2D eigenvalue weighted by molar-refractivity contribution is -0.118. The van der Waals surface area contributed by atoms with Crippen molar-refractivity contribution >= 4 is 21.7 Å². The van der Waals surface area contributed by atoms with Crippen LogP contribution in [0.5, 0.6) is 0 Å². The van der Waals surface area contributed by atoms with Crippen LogP contribution in [0.15, 0.2) is 22.7 Å². The lowest BCUT2D eigenvalue weighted by Crippen LogP contribution is -2.03. The van der Waals surface area contributed by atoms with Crippen LogP contribution in [0.25, 0.3) is 0 Å². The highest BCUT2D eigenvalue weighted by Crippen LogP contribution is 2.19. The number of rotatable bonds is 8. The Morgan fingerprint density at radius 3 is 2.61 bits per heavy atom. The normalized spacial score (nSPS) is 10.6. The summed E-state index contributed by atoms with van der Waals surface area (Å²) in [7, 11) is 0. The molecule has 0 aliphatic heterocycles. The number of benzene rings is 1. The van der Waals surface area contributed by atoms with Gasteiger partial charge in [0.2, 0.25) is 0 Å². The Labute approximate surface area is 117 Å². The third-order valence-corrected chi connectivity index (χ3v) is 3.70. The highest BCUT2D eigenvalue weighted by molar-refractivity contribution is 9.10. The molecule has 0 heterocycles. The maximum atomic E-state index is 12.9. The van der Waals surface area contributed by atoms with Gasteiger partial charge in [-0.05, 0) is 24.1 Å². The number of unbranched alkanes of at least 4 members (excludes halogenated alkanes) is 4. The number of hydrogen-bond donors (Lipinski definition) is 0. The van der Waals surface area contributed by atoms with Crippen LogP contribution in [0.1, 0.15) is 51.0 Å². The molecule has 0 atom stereocenters. The van der Waals surface area contributed by atoms with E-state index in [1.165, 1.54) is 31.4 Å². The van der Waals surface area contributed by atoms with E-state index < -0.39 is 0 Å². The Kier molecular flexibility index (Phi) is 7.18. The van der Waals surface area contributed by atoms with Gasteiger partial charge in [-0.1, -0.05) is 54.6 Å². The molecule has 0 spiro atoms. The van der Waals surface area contributed by atoms with E-state index in [-0.39, 0.29) is 11.6 Å². The number of carbonyl (C=O) groups is 1. The van der Waals surface area contributed by atoms with Crippen molar-refractivity contribution in [1.29, 1.82) is 0 Å². The molecule has 1 nitrogen and oxygen atoms in total. The molecule has 0 radical (unpaired) electrons. The smallest absolute Gasteiger partial charge is 0.137 e. The molecule has 1 aromatic carbocycles. The summed E-state index contributed by atoms with van der Waals surface area (Å²) in [6.07, 6.45) is 6.81. The van der Waals surface area contributed by atoms with Crippen molar-refractivity contribution in [3.63, 3.8) is 0 Å². The molecule has 0 aliphatic rings. The van der Waals surface area contributed by atoms with Crippen LogP contribution in [0.3, 0.4) is 0 Å². The van der Waals surface area contributed by atoms with E-state index in [2.05, 4.69) is 22.9 Å².